The summed E-state index contributed by atoms with van der Waals surface area (Å²) in [7, 11) is 0. The van der Waals surface area contributed by atoms with E-state index in [-0.39, 0.29) is 0 Å². The molecule has 0 aliphatic rings. The molecule has 0 saturated heterocycles. The zero-order valence-electron chi connectivity index (χ0n) is 6.52. The second-order valence-corrected chi connectivity index (χ2v) is 2.35. The molecule has 1 N–H and O–H groups in total. The first-order valence-electron chi connectivity index (χ1n) is 3.65. The van der Waals surface area contributed by atoms with Crippen LogP contribution in [0.5, 0.6) is 0 Å². The summed E-state index contributed by atoms with van der Waals surface area (Å²) < 4.78 is 0. The maximum absolute atomic E-state index is 9.91. The molecule has 3 heteroatoms. The molecule has 0 rings (SSSR count). The summed E-state index contributed by atoms with van der Waals surface area (Å²) in [5.41, 5.74) is 0. The Morgan fingerprint density at radius 1 is 1.40 bits per heavy atom. The van der Waals surface area contributed by atoms with E-state index in [0.717, 1.165) is 12.8 Å². The molecule has 0 aliphatic carbocycles. The third-order valence-electron chi connectivity index (χ3n) is 1.69. The van der Waals surface area contributed by atoms with Gasteiger partial charge in [-0.1, -0.05) is 26.7 Å². The first-order valence-corrected chi connectivity index (χ1v) is 3.65. The highest BCUT2D eigenvalue weighted by atomic mass is 16.4. The van der Waals surface area contributed by atoms with Crippen LogP contribution in [0, 0.1) is 5.92 Å². The lowest BCUT2D eigenvalue weighted by atomic mass is 10.0. The molecule has 1 amide bonds. The Morgan fingerprint density at radius 3 is 2.20 bits per heavy atom. The molecule has 3 nitrogen and oxygen atoms in total. The largest absolute Gasteiger partial charge is 0.450 e. The lowest BCUT2D eigenvalue weighted by Gasteiger charge is -2.09. The maximum Gasteiger partial charge on any atom is 0.450 e. The minimum absolute atomic E-state index is 0.456. The summed E-state index contributed by atoms with van der Waals surface area (Å²) in [6.45, 7) is 4.62. The Bertz CT molecular complexity index is 99.8. The summed E-state index contributed by atoms with van der Waals surface area (Å²) in [5.74, 6) is 0.456. The number of nitrogens with one attached hydrogen (secondary N) is 1. The molecule has 1 radical (unpaired) electrons. The maximum atomic E-state index is 9.91. The van der Waals surface area contributed by atoms with Crippen LogP contribution in [0.3, 0.4) is 0 Å². The van der Waals surface area contributed by atoms with E-state index in [1.807, 2.05) is 13.8 Å². The topological polar surface area (TPSA) is 49.0 Å². The number of carbonyl (C=O) groups excluding carboxylic acids is 1. The van der Waals surface area contributed by atoms with E-state index in [0.29, 0.717) is 12.5 Å². The predicted octanol–water partition coefficient (Wildman–Crippen LogP) is 1.56. The number of hydrogen-bond donors (Lipinski definition) is 1. The molecule has 0 unspecified atom stereocenters. The molecular formula is C7H14NO2. The quantitative estimate of drug-likeness (QED) is 0.639. The molecule has 0 atom stereocenters. The van der Waals surface area contributed by atoms with Crippen LogP contribution in [0.1, 0.15) is 26.7 Å². The molecule has 0 fully saturated rings. The van der Waals surface area contributed by atoms with E-state index in [1.54, 1.807) is 0 Å². The van der Waals surface area contributed by atoms with Crippen molar-refractivity contribution >= 4 is 6.09 Å². The summed E-state index contributed by atoms with van der Waals surface area (Å²) >= 11 is 0. The average molecular weight is 144 g/mol. The summed E-state index contributed by atoms with van der Waals surface area (Å²) in [5, 5.41) is 12.2. The van der Waals surface area contributed by atoms with E-state index in [1.165, 1.54) is 0 Å². The van der Waals surface area contributed by atoms with Crippen molar-refractivity contribution in [3.05, 3.63) is 0 Å². The van der Waals surface area contributed by atoms with Gasteiger partial charge in [0.05, 0.1) is 0 Å². The molecule has 10 heavy (non-hydrogen) atoms. The molecule has 0 heterocycles. The third-order valence-corrected chi connectivity index (χ3v) is 1.69. The van der Waals surface area contributed by atoms with Crippen LogP contribution in [0.2, 0.25) is 0 Å². The average Bonchev–Trinajstić information content (AvgIpc) is 1.90. The molecule has 0 saturated carbocycles. The van der Waals surface area contributed by atoms with Gasteiger partial charge in [0.1, 0.15) is 0 Å². The van der Waals surface area contributed by atoms with E-state index in [9.17, 15) is 9.90 Å². The summed E-state index contributed by atoms with van der Waals surface area (Å²) in [6.07, 6.45) is 0.847. The van der Waals surface area contributed by atoms with E-state index in [4.69, 9.17) is 0 Å². The molecule has 0 bridgehead atoms. The Hall–Kier alpha value is -0.730. The van der Waals surface area contributed by atoms with Crippen molar-refractivity contribution in [3.63, 3.8) is 0 Å². The van der Waals surface area contributed by atoms with Gasteiger partial charge in [-0.05, 0) is 5.92 Å². The lowest BCUT2D eigenvalue weighted by Crippen LogP contribution is -2.26. The van der Waals surface area contributed by atoms with Gasteiger partial charge in [0.2, 0.25) is 0 Å². The number of hydrogen-bond acceptors (Lipinski definition) is 1. The molecule has 0 aromatic heterocycles. The van der Waals surface area contributed by atoms with Gasteiger partial charge in [-0.15, -0.1) is 0 Å². The highest BCUT2D eigenvalue weighted by Gasteiger charge is 2.04. The van der Waals surface area contributed by atoms with Gasteiger partial charge >= 0.3 is 6.09 Å². The fraction of sp³-hybridized carbons (Fsp3) is 0.857. The van der Waals surface area contributed by atoms with Gasteiger partial charge in [0.15, 0.2) is 0 Å². The molecular weight excluding hydrogens is 130 g/mol. The zero-order valence-corrected chi connectivity index (χ0v) is 6.52. The fourth-order valence-corrected chi connectivity index (χ4v) is 0.805. The van der Waals surface area contributed by atoms with Crippen LogP contribution < -0.4 is 5.32 Å². The monoisotopic (exact) mass is 144 g/mol. The highest BCUT2D eigenvalue weighted by molar-refractivity contribution is 5.63. The molecule has 0 spiro atoms. The number of amides is 1. The van der Waals surface area contributed by atoms with Gasteiger partial charge in [-0.25, -0.2) is 9.90 Å². The van der Waals surface area contributed by atoms with Crippen molar-refractivity contribution in [2.45, 2.75) is 26.7 Å². The van der Waals surface area contributed by atoms with Crippen LogP contribution in [-0.2, 0) is 5.11 Å². The Labute approximate surface area is 61.4 Å². The molecule has 0 aromatic rings. The van der Waals surface area contributed by atoms with Crippen molar-refractivity contribution in [3.8, 4) is 0 Å². The van der Waals surface area contributed by atoms with Crippen molar-refractivity contribution in [1.82, 2.24) is 5.32 Å². The van der Waals surface area contributed by atoms with Crippen LogP contribution >= 0.6 is 0 Å². The highest BCUT2D eigenvalue weighted by Crippen LogP contribution is 2.04. The Balaban J connectivity index is 3.34. The first kappa shape index (κ1) is 9.27. The van der Waals surface area contributed by atoms with Crippen LogP contribution in [0.4, 0.5) is 4.79 Å². The van der Waals surface area contributed by atoms with Gasteiger partial charge < -0.3 is 5.32 Å². The van der Waals surface area contributed by atoms with E-state index in [2.05, 4.69) is 5.32 Å². The van der Waals surface area contributed by atoms with Crippen molar-refractivity contribution < 1.29 is 9.90 Å². The van der Waals surface area contributed by atoms with E-state index >= 15 is 0 Å². The minimum atomic E-state index is -1.17. The van der Waals surface area contributed by atoms with Gasteiger partial charge in [0, 0.05) is 6.54 Å². The van der Waals surface area contributed by atoms with Crippen molar-refractivity contribution in [2.24, 2.45) is 5.92 Å². The van der Waals surface area contributed by atoms with Gasteiger partial charge in [-0.2, -0.15) is 0 Å². The van der Waals surface area contributed by atoms with Gasteiger partial charge in [-0.3, -0.25) is 0 Å². The van der Waals surface area contributed by atoms with Crippen molar-refractivity contribution in [1.29, 1.82) is 0 Å². The lowest BCUT2D eigenvalue weighted by molar-refractivity contribution is 0.166. The van der Waals surface area contributed by atoms with Crippen LogP contribution in [0.25, 0.3) is 0 Å². The zero-order chi connectivity index (χ0) is 7.98. The molecule has 59 valence electrons. The van der Waals surface area contributed by atoms with Crippen LogP contribution in [0.15, 0.2) is 0 Å². The first-order chi connectivity index (χ1) is 4.70. The third kappa shape index (κ3) is 4.18. The fourth-order valence-electron chi connectivity index (χ4n) is 0.805. The Morgan fingerprint density at radius 2 is 1.90 bits per heavy atom. The smallest absolute Gasteiger partial charge is 0.318 e. The van der Waals surface area contributed by atoms with Crippen LogP contribution in [-0.4, -0.2) is 12.6 Å². The minimum Gasteiger partial charge on any atom is -0.318 e. The van der Waals surface area contributed by atoms with E-state index < -0.39 is 6.09 Å². The number of rotatable bonds is 4. The van der Waals surface area contributed by atoms with Crippen molar-refractivity contribution in [2.75, 3.05) is 6.54 Å². The second kappa shape index (κ2) is 5.09. The standard InChI is InChI=1S/C7H14NO2/c1-3-6(4-2)5-8-7(9)10/h6,8H,3-5H2,1-2H3. The summed E-state index contributed by atoms with van der Waals surface area (Å²) in [6, 6.07) is 0. The normalized spacial score (nSPS) is 9.90. The second-order valence-electron chi connectivity index (χ2n) is 2.35. The van der Waals surface area contributed by atoms with Gasteiger partial charge in [0.25, 0.3) is 0 Å². The Kier molecular flexibility index (Phi) is 4.72. The molecule has 0 aliphatic heterocycles. The predicted molar refractivity (Wildman–Crippen MR) is 38.2 cm³/mol. The summed E-state index contributed by atoms with van der Waals surface area (Å²) in [4.78, 5) is 9.91. The SMILES string of the molecule is CCC(CC)CNC([O])=O. The number of carbonyl (C=O) groups is 1. The molecule has 0 aromatic carbocycles.